The van der Waals surface area contributed by atoms with E-state index in [0.717, 1.165) is 31.2 Å². The highest BCUT2D eigenvalue weighted by Crippen LogP contribution is 2.18. The predicted octanol–water partition coefficient (Wildman–Crippen LogP) is 2.49. The van der Waals surface area contributed by atoms with Gasteiger partial charge in [-0.2, -0.15) is 0 Å². The predicted molar refractivity (Wildman–Crippen MR) is 84.0 cm³/mol. The third kappa shape index (κ3) is 3.36. The molecule has 1 aromatic rings. The second-order valence-electron chi connectivity index (χ2n) is 6.48. The number of hydrogen-bond acceptors (Lipinski definition) is 2. The molecule has 1 aliphatic rings. The summed E-state index contributed by atoms with van der Waals surface area (Å²) in [5.74, 6) is 0.163. The lowest BCUT2D eigenvalue weighted by atomic mass is 9.95. The summed E-state index contributed by atoms with van der Waals surface area (Å²) in [6.45, 7) is 8.63. The first-order valence-electron chi connectivity index (χ1n) is 7.98. The van der Waals surface area contributed by atoms with Gasteiger partial charge in [-0.15, -0.1) is 0 Å². The SMILES string of the molecule is CC(C)N(C(=O)Cn1ccc(=N)c2c1CCCC2)C(C)C. The van der Waals surface area contributed by atoms with Crippen molar-refractivity contribution in [3.05, 3.63) is 28.9 Å². The van der Waals surface area contributed by atoms with E-state index in [4.69, 9.17) is 5.41 Å². The molecule has 0 spiro atoms. The zero-order valence-corrected chi connectivity index (χ0v) is 13.6. The summed E-state index contributed by atoms with van der Waals surface area (Å²) in [4.78, 5) is 14.6. The molecule has 0 saturated heterocycles. The standard InChI is InChI=1S/C17H27N3O/c1-12(2)20(13(3)4)17(21)11-19-10-9-15(18)14-7-5-6-8-16(14)19/h9-10,12-13,18H,5-8,11H2,1-4H3. The van der Waals surface area contributed by atoms with Crippen LogP contribution < -0.4 is 5.36 Å². The number of pyridine rings is 1. The zero-order valence-electron chi connectivity index (χ0n) is 13.6. The van der Waals surface area contributed by atoms with Crippen molar-refractivity contribution in [3.8, 4) is 0 Å². The van der Waals surface area contributed by atoms with Gasteiger partial charge in [0.2, 0.25) is 5.91 Å². The highest BCUT2D eigenvalue weighted by molar-refractivity contribution is 5.76. The monoisotopic (exact) mass is 289 g/mol. The third-order valence-electron chi connectivity index (χ3n) is 4.24. The number of carbonyl (C=O) groups excluding carboxylic acids is 1. The number of nitrogens with zero attached hydrogens (tertiary/aromatic N) is 2. The molecule has 1 aromatic heterocycles. The van der Waals surface area contributed by atoms with Crippen LogP contribution in [0, 0.1) is 5.41 Å². The van der Waals surface area contributed by atoms with E-state index in [2.05, 4.69) is 32.3 Å². The number of rotatable bonds is 4. The molecular formula is C17H27N3O. The topological polar surface area (TPSA) is 49.1 Å². The molecule has 0 radical (unpaired) electrons. The van der Waals surface area contributed by atoms with Gasteiger partial charge in [0.25, 0.3) is 0 Å². The first-order chi connectivity index (χ1) is 9.91. The quantitative estimate of drug-likeness (QED) is 0.909. The van der Waals surface area contributed by atoms with Crippen LogP contribution in [0.15, 0.2) is 12.3 Å². The van der Waals surface area contributed by atoms with Crippen molar-refractivity contribution in [2.24, 2.45) is 0 Å². The average molecular weight is 289 g/mol. The zero-order chi connectivity index (χ0) is 15.6. The molecule has 4 nitrogen and oxygen atoms in total. The Morgan fingerprint density at radius 2 is 1.86 bits per heavy atom. The molecule has 0 fully saturated rings. The van der Waals surface area contributed by atoms with E-state index in [0.29, 0.717) is 11.9 Å². The van der Waals surface area contributed by atoms with Crippen LogP contribution in [0.2, 0.25) is 0 Å². The second kappa shape index (κ2) is 6.46. The fourth-order valence-corrected chi connectivity index (χ4v) is 3.40. The third-order valence-corrected chi connectivity index (χ3v) is 4.24. The van der Waals surface area contributed by atoms with Crippen molar-refractivity contribution >= 4 is 5.91 Å². The lowest BCUT2D eigenvalue weighted by molar-refractivity contribution is -0.135. The van der Waals surface area contributed by atoms with Gasteiger partial charge in [0, 0.05) is 24.0 Å². The molecule has 0 atom stereocenters. The van der Waals surface area contributed by atoms with E-state index in [-0.39, 0.29) is 18.0 Å². The maximum atomic E-state index is 12.6. The van der Waals surface area contributed by atoms with Crippen molar-refractivity contribution in [1.82, 2.24) is 9.47 Å². The number of aromatic nitrogens is 1. The fraction of sp³-hybridized carbons (Fsp3) is 0.647. The summed E-state index contributed by atoms with van der Waals surface area (Å²) in [7, 11) is 0. The highest BCUT2D eigenvalue weighted by Gasteiger charge is 2.22. The summed E-state index contributed by atoms with van der Waals surface area (Å²) in [6.07, 6.45) is 6.17. The normalized spacial score (nSPS) is 14.4. The van der Waals surface area contributed by atoms with E-state index in [1.807, 2.05) is 17.2 Å². The molecule has 1 heterocycles. The van der Waals surface area contributed by atoms with E-state index >= 15 is 0 Å². The molecule has 4 heteroatoms. The lowest BCUT2D eigenvalue weighted by Gasteiger charge is -2.32. The van der Waals surface area contributed by atoms with Crippen molar-refractivity contribution in [3.63, 3.8) is 0 Å². The molecule has 0 aromatic carbocycles. The number of hydrogen-bond donors (Lipinski definition) is 1. The van der Waals surface area contributed by atoms with Crippen LogP contribution in [0.3, 0.4) is 0 Å². The van der Waals surface area contributed by atoms with Crippen LogP contribution in [-0.4, -0.2) is 27.5 Å². The molecule has 21 heavy (non-hydrogen) atoms. The summed E-state index contributed by atoms with van der Waals surface area (Å²) >= 11 is 0. The Hall–Kier alpha value is -1.58. The molecule has 0 aliphatic heterocycles. The molecule has 1 N–H and O–H groups in total. The number of nitrogens with one attached hydrogen (secondary N) is 1. The van der Waals surface area contributed by atoms with Gasteiger partial charge in [0.15, 0.2) is 0 Å². The fourth-order valence-electron chi connectivity index (χ4n) is 3.40. The van der Waals surface area contributed by atoms with Crippen LogP contribution in [0.1, 0.15) is 51.8 Å². The Kier molecular flexibility index (Phi) is 4.86. The molecule has 1 aliphatic carbocycles. The lowest BCUT2D eigenvalue weighted by Crippen LogP contribution is -2.44. The van der Waals surface area contributed by atoms with Crippen LogP contribution >= 0.6 is 0 Å². The van der Waals surface area contributed by atoms with Gasteiger partial charge in [-0.25, -0.2) is 0 Å². The van der Waals surface area contributed by atoms with E-state index < -0.39 is 0 Å². The van der Waals surface area contributed by atoms with Crippen molar-refractivity contribution in [2.45, 2.75) is 72.0 Å². The van der Waals surface area contributed by atoms with Crippen molar-refractivity contribution in [1.29, 1.82) is 5.41 Å². The highest BCUT2D eigenvalue weighted by atomic mass is 16.2. The maximum Gasteiger partial charge on any atom is 0.242 e. The van der Waals surface area contributed by atoms with Gasteiger partial charge in [-0.3, -0.25) is 4.79 Å². The van der Waals surface area contributed by atoms with Gasteiger partial charge in [0.05, 0.1) is 5.36 Å². The molecule has 116 valence electrons. The summed E-state index contributed by atoms with van der Waals surface area (Å²) in [5.41, 5.74) is 2.33. The van der Waals surface area contributed by atoms with Gasteiger partial charge >= 0.3 is 0 Å². The number of carbonyl (C=O) groups is 1. The molecule has 0 bridgehead atoms. The molecule has 0 unspecified atom stereocenters. The van der Waals surface area contributed by atoms with E-state index in [1.54, 1.807) is 0 Å². The van der Waals surface area contributed by atoms with Gasteiger partial charge in [-0.1, -0.05) is 0 Å². The maximum absolute atomic E-state index is 12.6. The Bertz CT molecular complexity index is 564. The Morgan fingerprint density at radius 3 is 2.48 bits per heavy atom. The minimum atomic E-state index is 0.163. The van der Waals surface area contributed by atoms with Crippen molar-refractivity contribution < 1.29 is 4.79 Å². The molecule has 1 amide bonds. The minimum Gasteiger partial charge on any atom is -0.342 e. The number of amides is 1. The van der Waals surface area contributed by atoms with Crippen LogP contribution in [0.4, 0.5) is 0 Å². The van der Waals surface area contributed by atoms with E-state index in [1.165, 1.54) is 5.69 Å². The van der Waals surface area contributed by atoms with E-state index in [9.17, 15) is 4.79 Å². The largest absolute Gasteiger partial charge is 0.342 e. The summed E-state index contributed by atoms with van der Waals surface area (Å²) < 4.78 is 2.06. The van der Waals surface area contributed by atoms with Gasteiger partial charge in [-0.05, 0) is 65.0 Å². The van der Waals surface area contributed by atoms with Crippen molar-refractivity contribution in [2.75, 3.05) is 0 Å². The van der Waals surface area contributed by atoms with Crippen LogP contribution in [-0.2, 0) is 24.2 Å². The Labute approximate surface area is 127 Å². The van der Waals surface area contributed by atoms with Crippen LogP contribution in [0.25, 0.3) is 0 Å². The average Bonchev–Trinajstić information content (AvgIpc) is 2.41. The summed E-state index contributed by atoms with van der Waals surface area (Å²) in [5, 5.41) is 8.66. The Balaban J connectivity index is 2.28. The van der Waals surface area contributed by atoms with Gasteiger partial charge in [0.1, 0.15) is 6.54 Å². The summed E-state index contributed by atoms with van der Waals surface area (Å²) in [6, 6.07) is 2.25. The molecule has 0 saturated carbocycles. The smallest absolute Gasteiger partial charge is 0.242 e. The molecular weight excluding hydrogens is 262 g/mol. The second-order valence-corrected chi connectivity index (χ2v) is 6.48. The Morgan fingerprint density at radius 1 is 1.24 bits per heavy atom. The molecule has 2 rings (SSSR count). The van der Waals surface area contributed by atoms with Gasteiger partial charge < -0.3 is 14.9 Å². The van der Waals surface area contributed by atoms with Crippen LogP contribution in [0.5, 0.6) is 0 Å². The minimum absolute atomic E-state index is 0.163. The first-order valence-corrected chi connectivity index (χ1v) is 7.98. The first kappa shape index (κ1) is 15.8. The number of fused-ring (bicyclic) bond motifs is 1.